The van der Waals surface area contributed by atoms with Gasteiger partial charge in [0.1, 0.15) is 11.4 Å². The maximum atomic E-state index is 11.9. The fourth-order valence-corrected chi connectivity index (χ4v) is 4.77. The van der Waals surface area contributed by atoms with E-state index in [0.717, 1.165) is 11.8 Å². The number of hydrogen-bond donors (Lipinski definition) is 2. The molecule has 9 heteroatoms. The first-order valence-corrected chi connectivity index (χ1v) is 8.47. The predicted molar refractivity (Wildman–Crippen MR) is 83.7 cm³/mol. The Bertz CT molecular complexity index is 587. The molecule has 2 aliphatic rings. The Balaban J connectivity index is 2.09. The van der Waals surface area contributed by atoms with Gasteiger partial charge in [0.15, 0.2) is 5.70 Å². The molecular weight excluding hydrogens is 328 g/mol. The van der Waals surface area contributed by atoms with Gasteiger partial charge in [0.05, 0.1) is 10.8 Å². The Hall–Kier alpha value is -1.45. The number of carbonyl (C=O) groups excluding carboxylic acids is 2. The number of carboxylic acid groups (broad SMARTS) is 1. The fourth-order valence-electron chi connectivity index (χ4n) is 2.06. The third kappa shape index (κ3) is 2.88. The van der Waals surface area contributed by atoms with Gasteiger partial charge in [-0.15, -0.1) is 11.8 Å². The fraction of sp³-hybridized carbons (Fsp3) is 0.462. The van der Waals surface area contributed by atoms with Gasteiger partial charge < -0.3 is 15.6 Å². The molecule has 0 aromatic rings. The number of allylic oxidation sites excluding steroid dienone is 1. The van der Waals surface area contributed by atoms with Crippen molar-refractivity contribution in [2.45, 2.75) is 25.3 Å². The van der Waals surface area contributed by atoms with E-state index in [4.69, 9.17) is 10.5 Å². The average molecular weight is 344 g/mol. The van der Waals surface area contributed by atoms with E-state index in [9.17, 15) is 19.5 Å². The average Bonchev–Trinajstić information content (AvgIpc) is 2.80. The minimum absolute atomic E-state index is 0.0355. The molecule has 0 aromatic heterocycles. The third-order valence-corrected chi connectivity index (χ3v) is 5.84. The van der Waals surface area contributed by atoms with Crippen molar-refractivity contribution in [1.29, 1.82) is 0 Å². The summed E-state index contributed by atoms with van der Waals surface area (Å²) in [5, 5.41) is 9.03. The van der Waals surface area contributed by atoms with Crippen LogP contribution in [0.25, 0.3) is 0 Å². The molecule has 0 aliphatic carbocycles. The molecule has 2 heterocycles. The Morgan fingerprint density at radius 1 is 1.59 bits per heavy atom. The molecule has 120 valence electrons. The van der Waals surface area contributed by atoms with Crippen LogP contribution in [-0.4, -0.2) is 51.6 Å². The van der Waals surface area contributed by atoms with Gasteiger partial charge in [0.2, 0.25) is 0 Å². The second-order valence-corrected chi connectivity index (χ2v) is 6.88. The summed E-state index contributed by atoms with van der Waals surface area (Å²) in [6.07, 6.45) is 1.69. The number of fused-ring (bicyclic) bond motifs is 1. The van der Waals surface area contributed by atoms with Crippen molar-refractivity contribution in [2.24, 2.45) is 5.73 Å². The van der Waals surface area contributed by atoms with Gasteiger partial charge >= 0.3 is 11.9 Å². The number of nitrogens with zero attached hydrogens (tertiary/aromatic N) is 1. The first kappa shape index (κ1) is 16.9. The highest BCUT2D eigenvalue weighted by molar-refractivity contribution is 8.23. The molecule has 1 amide bonds. The second-order valence-electron chi connectivity index (χ2n) is 4.50. The molecule has 2 aliphatic heterocycles. The summed E-state index contributed by atoms with van der Waals surface area (Å²) in [4.78, 5) is 36.1. The quantitative estimate of drug-likeness (QED) is 0.412. The number of β-lactam (4-membered cyclic amide) rings is 1. The number of aliphatic carboxylic acids is 1. The van der Waals surface area contributed by atoms with Crippen molar-refractivity contribution in [3.05, 3.63) is 21.6 Å². The van der Waals surface area contributed by atoms with E-state index in [2.05, 4.69) is 0 Å². The molecule has 0 radical (unpaired) electrons. The summed E-state index contributed by atoms with van der Waals surface area (Å²) in [5.41, 5.74) is 6.26. The number of carboxylic acids is 1. The van der Waals surface area contributed by atoms with Crippen LogP contribution in [0, 0.1) is 0 Å². The van der Waals surface area contributed by atoms with Crippen molar-refractivity contribution >= 4 is 41.4 Å². The van der Waals surface area contributed by atoms with Crippen molar-refractivity contribution in [1.82, 2.24) is 4.90 Å². The van der Waals surface area contributed by atoms with Crippen molar-refractivity contribution in [2.75, 3.05) is 12.4 Å². The maximum absolute atomic E-state index is 11.9. The molecule has 1 unspecified atom stereocenters. The minimum Gasteiger partial charge on any atom is -0.477 e. The van der Waals surface area contributed by atoms with E-state index in [-0.39, 0.29) is 29.3 Å². The standard InChI is InChI=1S/C13H16N2O5S2/c1-3-6-9(16)15-8(11(17)18)13(22-10(6)15)21-5-7(14)12(19)20-4-2/h3,7,10H,4-5,14H2,1-2H3,(H,17,18)/t7-,10?/m0/s1. The Kier molecular flexibility index (Phi) is 5.20. The summed E-state index contributed by atoms with van der Waals surface area (Å²) in [6, 6.07) is -0.835. The number of carbonyl (C=O) groups is 3. The molecule has 1 fully saturated rings. The summed E-state index contributed by atoms with van der Waals surface area (Å²) in [6.45, 7) is 3.67. The van der Waals surface area contributed by atoms with Crippen LogP contribution >= 0.6 is 23.5 Å². The molecule has 7 nitrogen and oxygen atoms in total. The highest BCUT2D eigenvalue weighted by Gasteiger charge is 2.52. The lowest BCUT2D eigenvalue weighted by molar-refractivity contribution is -0.144. The zero-order valence-corrected chi connectivity index (χ0v) is 13.7. The van der Waals surface area contributed by atoms with Gasteiger partial charge in [-0.05, 0) is 13.8 Å². The lowest BCUT2D eigenvalue weighted by atomic mass is 10.1. The van der Waals surface area contributed by atoms with Gasteiger partial charge in [0.25, 0.3) is 5.91 Å². The van der Waals surface area contributed by atoms with Crippen LogP contribution in [0.2, 0.25) is 0 Å². The summed E-state index contributed by atoms with van der Waals surface area (Å²) in [5.74, 6) is -1.78. The molecular formula is C13H16N2O5S2. The van der Waals surface area contributed by atoms with Crippen molar-refractivity contribution in [3.8, 4) is 0 Å². The van der Waals surface area contributed by atoms with Gasteiger partial charge in [-0.1, -0.05) is 17.8 Å². The molecule has 22 heavy (non-hydrogen) atoms. The SMILES string of the molecule is CC=C1C(=O)N2C(C(=O)O)=C(SC[C@H](N)C(=O)OCC)SC12. The molecule has 3 N–H and O–H groups in total. The van der Waals surface area contributed by atoms with Crippen LogP contribution in [0.3, 0.4) is 0 Å². The monoisotopic (exact) mass is 344 g/mol. The van der Waals surface area contributed by atoms with Crippen LogP contribution in [0.4, 0.5) is 0 Å². The van der Waals surface area contributed by atoms with Crippen molar-refractivity contribution in [3.63, 3.8) is 0 Å². The molecule has 2 atom stereocenters. The maximum Gasteiger partial charge on any atom is 0.354 e. The number of ether oxygens (including phenoxy) is 1. The van der Waals surface area contributed by atoms with Gasteiger partial charge in [-0.25, -0.2) is 4.79 Å². The number of amides is 1. The Morgan fingerprint density at radius 3 is 2.82 bits per heavy atom. The molecule has 0 saturated carbocycles. The first-order chi connectivity index (χ1) is 10.4. The van der Waals surface area contributed by atoms with E-state index in [1.54, 1.807) is 19.9 Å². The van der Waals surface area contributed by atoms with E-state index in [1.165, 1.54) is 16.7 Å². The zero-order valence-electron chi connectivity index (χ0n) is 12.1. The van der Waals surface area contributed by atoms with E-state index in [0.29, 0.717) is 9.81 Å². The highest BCUT2D eigenvalue weighted by Crippen LogP contribution is 2.52. The van der Waals surface area contributed by atoms with Crippen LogP contribution in [-0.2, 0) is 19.1 Å². The van der Waals surface area contributed by atoms with Crippen LogP contribution in [0.1, 0.15) is 13.8 Å². The van der Waals surface area contributed by atoms with E-state index < -0.39 is 18.0 Å². The number of esters is 1. The largest absolute Gasteiger partial charge is 0.477 e. The normalized spacial score (nSPS) is 23.4. The van der Waals surface area contributed by atoms with E-state index in [1.807, 2.05) is 0 Å². The molecule has 0 aromatic carbocycles. The van der Waals surface area contributed by atoms with E-state index >= 15 is 0 Å². The number of thioether (sulfide) groups is 2. The van der Waals surface area contributed by atoms with Crippen LogP contribution in [0.15, 0.2) is 21.6 Å². The van der Waals surface area contributed by atoms with Crippen molar-refractivity contribution < 1.29 is 24.2 Å². The molecule has 0 spiro atoms. The summed E-state index contributed by atoms with van der Waals surface area (Å²) in [7, 11) is 0. The lowest BCUT2D eigenvalue weighted by Crippen LogP contribution is -2.51. The second kappa shape index (κ2) is 6.76. The zero-order chi connectivity index (χ0) is 16.4. The number of rotatable bonds is 6. The Labute approximate surface area is 135 Å². The van der Waals surface area contributed by atoms with Gasteiger partial charge in [0, 0.05) is 11.3 Å². The molecule has 2 rings (SSSR count). The summed E-state index contributed by atoms with van der Waals surface area (Å²) >= 11 is 2.45. The smallest absolute Gasteiger partial charge is 0.354 e. The Morgan fingerprint density at radius 2 is 2.27 bits per heavy atom. The molecule has 1 saturated heterocycles. The highest BCUT2D eigenvalue weighted by atomic mass is 32.2. The number of hydrogen-bond acceptors (Lipinski definition) is 7. The predicted octanol–water partition coefficient (Wildman–Crippen LogP) is 0.725. The lowest BCUT2D eigenvalue weighted by Gasteiger charge is -2.36. The number of nitrogens with two attached hydrogens (primary N) is 1. The third-order valence-electron chi connectivity index (χ3n) is 3.12. The van der Waals surface area contributed by atoms with Gasteiger partial charge in [-0.3, -0.25) is 14.5 Å². The molecule has 0 bridgehead atoms. The topological polar surface area (TPSA) is 110 Å². The van der Waals surface area contributed by atoms with Crippen LogP contribution in [0.5, 0.6) is 0 Å². The summed E-state index contributed by atoms with van der Waals surface area (Å²) < 4.78 is 5.30. The minimum atomic E-state index is -1.16. The van der Waals surface area contributed by atoms with Crippen LogP contribution < -0.4 is 5.73 Å². The first-order valence-electron chi connectivity index (χ1n) is 6.61. The van der Waals surface area contributed by atoms with Gasteiger partial charge in [-0.2, -0.15) is 0 Å².